The first-order valence-corrected chi connectivity index (χ1v) is 7.14. The fraction of sp³-hybridized carbons (Fsp3) is 0.188. The lowest BCUT2D eigenvalue weighted by molar-refractivity contribution is 0.102. The SMILES string of the molecule is Cc1cc(C(=O)Nc2c(C)cnn2Cc2ccccc2F)n[nH]1. The second-order valence-electron chi connectivity index (χ2n) is 5.32. The second kappa shape index (κ2) is 6.04. The number of H-pyrrole nitrogens is 1. The summed E-state index contributed by atoms with van der Waals surface area (Å²) in [6.45, 7) is 3.88. The summed E-state index contributed by atoms with van der Waals surface area (Å²) in [7, 11) is 0. The van der Waals surface area contributed by atoms with Gasteiger partial charge in [-0.05, 0) is 26.0 Å². The largest absolute Gasteiger partial charge is 0.305 e. The first-order valence-electron chi connectivity index (χ1n) is 7.14. The Labute approximate surface area is 132 Å². The monoisotopic (exact) mass is 313 g/mol. The van der Waals surface area contributed by atoms with E-state index in [1.165, 1.54) is 6.07 Å². The normalized spacial score (nSPS) is 10.7. The minimum atomic E-state index is -0.340. The van der Waals surface area contributed by atoms with E-state index < -0.39 is 0 Å². The summed E-state index contributed by atoms with van der Waals surface area (Å²) in [6, 6.07) is 8.14. The van der Waals surface area contributed by atoms with Crippen molar-refractivity contribution in [2.24, 2.45) is 0 Å². The van der Waals surface area contributed by atoms with Crippen LogP contribution in [0.2, 0.25) is 0 Å². The summed E-state index contributed by atoms with van der Waals surface area (Å²) in [5.41, 5.74) is 2.39. The number of halogens is 1. The molecule has 0 bridgehead atoms. The first-order chi connectivity index (χ1) is 11.0. The van der Waals surface area contributed by atoms with Crippen LogP contribution in [0.25, 0.3) is 0 Å². The number of carbonyl (C=O) groups is 1. The molecule has 0 fully saturated rings. The minimum absolute atomic E-state index is 0.232. The van der Waals surface area contributed by atoms with Crippen LogP contribution < -0.4 is 5.32 Å². The average Bonchev–Trinajstić information content (AvgIpc) is 3.10. The maximum Gasteiger partial charge on any atom is 0.277 e. The summed E-state index contributed by atoms with van der Waals surface area (Å²) in [4.78, 5) is 12.2. The molecule has 6 nitrogen and oxygen atoms in total. The number of aromatic nitrogens is 4. The van der Waals surface area contributed by atoms with E-state index in [0.717, 1.165) is 11.3 Å². The van der Waals surface area contributed by atoms with Crippen LogP contribution in [0, 0.1) is 19.7 Å². The summed E-state index contributed by atoms with van der Waals surface area (Å²) >= 11 is 0. The number of amides is 1. The van der Waals surface area contributed by atoms with Crippen LogP contribution in [0.3, 0.4) is 0 Å². The van der Waals surface area contributed by atoms with Crippen LogP contribution in [0.4, 0.5) is 10.2 Å². The fourth-order valence-corrected chi connectivity index (χ4v) is 2.26. The molecule has 2 N–H and O–H groups in total. The van der Waals surface area contributed by atoms with Crippen LogP contribution in [0.15, 0.2) is 36.5 Å². The van der Waals surface area contributed by atoms with Crippen molar-refractivity contribution in [3.63, 3.8) is 0 Å². The Kier molecular flexibility index (Phi) is 3.92. The van der Waals surface area contributed by atoms with E-state index in [-0.39, 0.29) is 18.3 Å². The number of benzene rings is 1. The Balaban J connectivity index is 1.84. The molecule has 2 aromatic heterocycles. The van der Waals surface area contributed by atoms with E-state index in [9.17, 15) is 9.18 Å². The molecule has 2 heterocycles. The van der Waals surface area contributed by atoms with E-state index >= 15 is 0 Å². The van der Waals surface area contributed by atoms with Gasteiger partial charge in [0.2, 0.25) is 0 Å². The van der Waals surface area contributed by atoms with Crippen LogP contribution in [-0.4, -0.2) is 25.9 Å². The Hall–Kier alpha value is -2.96. The number of hydrogen-bond donors (Lipinski definition) is 2. The van der Waals surface area contributed by atoms with Crippen molar-refractivity contribution >= 4 is 11.7 Å². The molecule has 0 unspecified atom stereocenters. The van der Waals surface area contributed by atoms with Gasteiger partial charge < -0.3 is 5.32 Å². The van der Waals surface area contributed by atoms with Crippen LogP contribution in [0.1, 0.15) is 27.3 Å². The van der Waals surface area contributed by atoms with Crippen LogP contribution in [-0.2, 0) is 6.54 Å². The third-order valence-corrected chi connectivity index (χ3v) is 3.47. The minimum Gasteiger partial charge on any atom is -0.305 e. The Bertz CT molecular complexity index is 852. The molecule has 1 aromatic carbocycles. The van der Waals surface area contributed by atoms with Gasteiger partial charge in [0, 0.05) is 16.8 Å². The lowest BCUT2D eigenvalue weighted by atomic mass is 10.2. The zero-order valence-electron chi connectivity index (χ0n) is 12.8. The predicted molar refractivity (Wildman–Crippen MR) is 83.7 cm³/mol. The van der Waals surface area contributed by atoms with E-state index in [1.807, 2.05) is 13.8 Å². The third-order valence-electron chi connectivity index (χ3n) is 3.47. The van der Waals surface area contributed by atoms with Crippen molar-refractivity contribution in [2.45, 2.75) is 20.4 Å². The van der Waals surface area contributed by atoms with Gasteiger partial charge in [-0.25, -0.2) is 9.07 Å². The van der Waals surface area contributed by atoms with Gasteiger partial charge >= 0.3 is 0 Å². The van der Waals surface area contributed by atoms with Crippen molar-refractivity contribution in [3.05, 3.63) is 64.9 Å². The van der Waals surface area contributed by atoms with E-state index in [2.05, 4.69) is 20.6 Å². The van der Waals surface area contributed by atoms with Crippen molar-refractivity contribution in [1.82, 2.24) is 20.0 Å². The molecule has 7 heteroatoms. The number of rotatable bonds is 4. The highest BCUT2D eigenvalue weighted by atomic mass is 19.1. The molecule has 0 aliphatic rings. The van der Waals surface area contributed by atoms with Crippen molar-refractivity contribution in [2.75, 3.05) is 5.32 Å². The molecular weight excluding hydrogens is 297 g/mol. The maximum absolute atomic E-state index is 13.8. The van der Waals surface area contributed by atoms with Crippen LogP contribution >= 0.6 is 0 Å². The second-order valence-corrected chi connectivity index (χ2v) is 5.32. The number of aromatic amines is 1. The summed E-state index contributed by atoms with van der Waals surface area (Å²) < 4.78 is 15.4. The highest BCUT2D eigenvalue weighted by Gasteiger charge is 2.15. The molecule has 0 spiro atoms. The molecule has 0 saturated heterocycles. The number of carbonyl (C=O) groups excluding carboxylic acids is 1. The first kappa shape index (κ1) is 15.0. The Morgan fingerprint density at radius 3 is 2.83 bits per heavy atom. The number of hydrogen-bond acceptors (Lipinski definition) is 3. The quantitative estimate of drug-likeness (QED) is 0.777. The Morgan fingerprint density at radius 1 is 1.35 bits per heavy atom. The van der Waals surface area contributed by atoms with Gasteiger partial charge in [-0.1, -0.05) is 18.2 Å². The van der Waals surface area contributed by atoms with Crippen molar-refractivity contribution < 1.29 is 9.18 Å². The summed E-state index contributed by atoms with van der Waals surface area (Å²) in [5, 5.41) is 13.6. The Morgan fingerprint density at radius 2 is 2.13 bits per heavy atom. The smallest absolute Gasteiger partial charge is 0.277 e. The lowest BCUT2D eigenvalue weighted by Crippen LogP contribution is -2.17. The third kappa shape index (κ3) is 3.13. The molecule has 3 aromatic rings. The van der Waals surface area contributed by atoms with Gasteiger partial charge in [0.25, 0.3) is 5.91 Å². The van der Waals surface area contributed by atoms with Gasteiger partial charge in [0.1, 0.15) is 11.6 Å². The zero-order chi connectivity index (χ0) is 16.4. The number of nitrogens with one attached hydrogen (secondary N) is 2. The molecule has 23 heavy (non-hydrogen) atoms. The van der Waals surface area contributed by atoms with Gasteiger partial charge in [-0.15, -0.1) is 0 Å². The molecule has 3 rings (SSSR count). The highest BCUT2D eigenvalue weighted by molar-refractivity contribution is 6.02. The fourth-order valence-electron chi connectivity index (χ4n) is 2.26. The van der Waals surface area contributed by atoms with Gasteiger partial charge in [0.15, 0.2) is 5.69 Å². The molecule has 0 saturated carbocycles. The average molecular weight is 313 g/mol. The van der Waals surface area contributed by atoms with Crippen molar-refractivity contribution in [1.29, 1.82) is 0 Å². The van der Waals surface area contributed by atoms with Crippen LogP contribution in [0.5, 0.6) is 0 Å². The van der Waals surface area contributed by atoms with Gasteiger partial charge in [0.05, 0.1) is 12.7 Å². The van der Waals surface area contributed by atoms with E-state index in [1.54, 1.807) is 35.1 Å². The number of anilines is 1. The van der Waals surface area contributed by atoms with E-state index in [4.69, 9.17) is 0 Å². The van der Waals surface area contributed by atoms with Crippen molar-refractivity contribution in [3.8, 4) is 0 Å². The molecule has 0 radical (unpaired) electrons. The molecule has 0 aliphatic heterocycles. The van der Waals surface area contributed by atoms with Gasteiger partial charge in [-0.2, -0.15) is 10.2 Å². The summed E-state index contributed by atoms with van der Waals surface area (Å²) in [5.74, 6) is -0.118. The number of nitrogens with zero attached hydrogens (tertiary/aromatic N) is 3. The van der Waals surface area contributed by atoms with E-state index in [0.29, 0.717) is 17.1 Å². The predicted octanol–water partition coefficient (Wildman–Crippen LogP) is 2.66. The molecule has 1 amide bonds. The standard InChI is InChI=1S/C16H16FN5O/c1-10-8-18-22(9-12-5-3-4-6-13(12)17)15(10)19-16(23)14-7-11(2)20-21-14/h3-8H,9H2,1-2H3,(H,19,23)(H,20,21). The topological polar surface area (TPSA) is 75.6 Å². The molecular formula is C16H16FN5O. The molecule has 0 atom stereocenters. The molecule has 0 aliphatic carbocycles. The highest BCUT2D eigenvalue weighted by Crippen LogP contribution is 2.18. The number of aryl methyl sites for hydroxylation is 2. The maximum atomic E-state index is 13.8. The zero-order valence-corrected chi connectivity index (χ0v) is 12.8. The lowest BCUT2D eigenvalue weighted by Gasteiger charge is -2.10. The van der Waals surface area contributed by atoms with Gasteiger partial charge in [-0.3, -0.25) is 9.89 Å². The molecule has 118 valence electrons. The summed E-state index contributed by atoms with van der Waals surface area (Å²) in [6.07, 6.45) is 1.63.